The van der Waals surface area contributed by atoms with E-state index in [0.717, 1.165) is 38.5 Å². The maximum absolute atomic E-state index is 12.0. The van der Waals surface area contributed by atoms with Crippen molar-refractivity contribution in [2.45, 2.75) is 77.2 Å². The number of rotatable bonds is 8. The van der Waals surface area contributed by atoms with Crippen molar-refractivity contribution >= 4 is 11.9 Å². The van der Waals surface area contributed by atoms with Crippen molar-refractivity contribution in [1.82, 2.24) is 4.90 Å². The summed E-state index contributed by atoms with van der Waals surface area (Å²) in [4.78, 5) is 24.9. The number of unbranched alkanes of at least 4 members (excludes halogenated alkanes) is 4. The van der Waals surface area contributed by atoms with Crippen molar-refractivity contribution in [1.29, 1.82) is 0 Å². The minimum Gasteiger partial charge on any atom is -0.480 e. The Hall–Kier alpha value is -1.06. The molecule has 0 aromatic carbocycles. The monoisotopic (exact) mass is 269 g/mol. The molecule has 1 unspecified atom stereocenters. The molecule has 0 aromatic heterocycles. The summed E-state index contributed by atoms with van der Waals surface area (Å²) < 4.78 is 0. The van der Waals surface area contributed by atoms with Crippen LogP contribution in [0.2, 0.25) is 0 Å². The average molecular weight is 269 g/mol. The molecule has 19 heavy (non-hydrogen) atoms. The first kappa shape index (κ1) is 16.0. The zero-order valence-corrected chi connectivity index (χ0v) is 12.1. The van der Waals surface area contributed by atoms with E-state index in [1.165, 1.54) is 12.8 Å². The Labute approximate surface area is 116 Å². The lowest BCUT2D eigenvalue weighted by Gasteiger charge is -2.27. The van der Waals surface area contributed by atoms with E-state index in [1.54, 1.807) is 4.90 Å². The van der Waals surface area contributed by atoms with Crippen LogP contribution in [-0.4, -0.2) is 34.5 Å². The predicted molar refractivity (Wildman–Crippen MR) is 75.0 cm³/mol. The van der Waals surface area contributed by atoms with Crippen LogP contribution in [0.1, 0.15) is 71.1 Å². The lowest BCUT2D eigenvalue weighted by atomic mass is 10.0. The Balaban J connectivity index is 2.46. The Morgan fingerprint density at radius 2 is 1.95 bits per heavy atom. The number of amides is 1. The lowest BCUT2D eigenvalue weighted by Crippen LogP contribution is -2.44. The predicted octanol–water partition coefficient (Wildman–Crippen LogP) is 3.20. The number of carboxylic acid groups (broad SMARTS) is 1. The molecule has 0 bridgehead atoms. The fraction of sp³-hybridized carbons (Fsp3) is 0.867. The largest absolute Gasteiger partial charge is 0.480 e. The fourth-order valence-corrected chi connectivity index (χ4v) is 2.69. The quantitative estimate of drug-likeness (QED) is 0.688. The normalized spacial score (nSPS) is 18.2. The molecule has 4 heteroatoms. The number of carboxylic acids is 1. The zero-order valence-electron chi connectivity index (χ0n) is 12.1. The minimum atomic E-state index is -0.842. The SMILES string of the molecule is CCCCCCCC(C(=O)O)N1CCCCCC1=O. The first-order valence-electron chi connectivity index (χ1n) is 7.69. The molecule has 1 aliphatic rings. The molecule has 110 valence electrons. The molecule has 1 atom stereocenters. The van der Waals surface area contributed by atoms with E-state index in [-0.39, 0.29) is 5.91 Å². The van der Waals surface area contributed by atoms with Gasteiger partial charge in [0.2, 0.25) is 5.91 Å². The molecule has 0 aromatic rings. The molecule has 0 aliphatic carbocycles. The third kappa shape index (κ3) is 5.62. The van der Waals surface area contributed by atoms with Gasteiger partial charge in [-0.25, -0.2) is 4.79 Å². The Bertz CT molecular complexity index is 291. The molecular weight excluding hydrogens is 242 g/mol. The average Bonchev–Trinajstić information content (AvgIpc) is 2.58. The minimum absolute atomic E-state index is 0.0264. The van der Waals surface area contributed by atoms with Gasteiger partial charge in [-0.1, -0.05) is 45.4 Å². The van der Waals surface area contributed by atoms with Gasteiger partial charge in [-0.15, -0.1) is 0 Å². The molecule has 0 spiro atoms. The van der Waals surface area contributed by atoms with Crippen LogP contribution in [0.15, 0.2) is 0 Å². The maximum atomic E-state index is 12.0. The van der Waals surface area contributed by atoms with Gasteiger partial charge < -0.3 is 10.0 Å². The van der Waals surface area contributed by atoms with Crippen molar-refractivity contribution in [2.24, 2.45) is 0 Å². The van der Waals surface area contributed by atoms with Crippen LogP contribution in [0.25, 0.3) is 0 Å². The Kier molecular flexibility index (Phi) is 7.53. The van der Waals surface area contributed by atoms with Crippen LogP contribution in [0.3, 0.4) is 0 Å². The van der Waals surface area contributed by atoms with E-state index in [0.29, 0.717) is 19.4 Å². The second kappa shape index (κ2) is 8.94. The molecule has 0 saturated carbocycles. The van der Waals surface area contributed by atoms with Crippen molar-refractivity contribution in [3.63, 3.8) is 0 Å². The second-order valence-corrected chi connectivity index (χ2v) is 5.45. The van der Waals surface area contributed by atoms with Crippen LogP contribution < -0.4 is 0 Å². The van der Waals surface area contributed by atoms with Crippen LogP contribution in [0.4, 0.5) is 0 Å². The van der Waals surface area contributed by atoms with Crippen LogP contribution >= 0.6 is 0 Å². The van der Waals surface area contributed by atoms with Gasteiger partial charge in [0.05, 0.1) is 0 Å². The number of carbonyl (C=O) groups is 2. The van der Waals surface area contributed by atoms with Crippen molar-refractivity contribution in [2.75, 3.05) is 6.54 Å². The summed E-state index contributed by atoms with van der Waals surface area (Å²) in [6.07, 6.45) is 9.52. The number of hydrogen-bond donors (Lipinski definition) is 1. The third-order valence-corrected chi connectivity index (χ3v) is 3.85. The molecule has 1 fully saturated rings. The molecule has 1 saturated heterocycles. The Morgan fingerprint density at radius 1 is 1.21 bits per heavy atom. The molecule has 0 radical (unpaired) electrons. The standard InChI is InChI=1S/C15H27NO3/c1-2-3-4-5-7-10-13(15(18)19)16-12-9-6-8-11-14(16)17/h13H,2-12H2,1H3,(H,18,19). The smallest absolute Gasteiger partial charge is 0.326 e. The molecule has 1 aliphatic heterocycles. The molecule has 4 nitrogen and oxygen atoms in total. The summed E-state index contributed by atoms with van der Waals surface area (Å²) in [5, 5.41) is 9.34. The highest BCUT2D eigenvalue weighted by molar-refractivity contribution is 5.83. The van der Waals surface area contributed by atoms with Gasteiger partial charge in [-0.05, 0) is 19.3 Å². The van der Waals surface area contributed by atoms with Gasteiger partial charge in [0, 0.05) is 13.0 Å². The highest BCUT2D eigenvalue weighted by atomic mass is 16.4. The fourth-order valence-electron chi connectivity index (χ4n) is 2.69. The first-order valence-corrected chi connectivity index (χ1v) is 7.69. The molecule has 1 rings (SSSR count). The van der Waals surface area contributed by atoms with E-state index >= 15 is 0 Å². The van der Waals surface area contributed by atoms with Gasteiger partial charge in [0.1, 0.15) is 6.04 Å². The molecule has 1 N–H and O–H groups in total. The van der Waals surface area contributed by atoms with E-state index in [2.05, 4.69) is 6.92 Å². The highest BCUT2D eigenvalue weighted by Gasteiger charge is 2.29. The van der Waals surface area contributed by atoms with E-state index < -0.39 is 12.0 Å². The van der Waals surface area contributed by atoms with Gasteiger partial charge in [0.25, 0.3) is 0 Å². The summed E-state index contributed by atoms with van der Waals surface area (Å²) in [6.45, 7) is 2.78. The van der Waals surface area contributed by atoms with Crippen molar-refractivity contribution in [3.8, 4) is 0 Å². The maximum Gasteiger partial charge on any atom is 0.326 e. The highest BCUT2D eigenvalue weighted by Crippen LogP contribution is 2.18. The number of likely N-dealkylation sites (tertiary alicyclic amines) is 1. The van der Waals surface area contributed by atoms with E-state index in [4.69, 9.17) is 0 Å². The Morgan fingerprint density at radius 3 is 2.63 bits per heavy atom. The van der Waals surface area contributed by atoms with Crippen molar-refractivity contribution < 1.29 is 14.7 Å². The van der Waals surface area contributed by atoms with E-state index in [1.807, 2.05) is 0 Å². The molecule has 1 heterocycles. The molecular formula is C15H27NO3. The number of hydrogen-bond acceptors (Lipinski definition) is 2. The summed E-state index contributed by atoms with van der Waals surface area (Å²) in [6, 6.07) is -0.604. The topological polar surface area (TPSA) is 57.6 Å². The lowest BCUT2D eigenvalue weighted by molar-refractivity contribution is -0.150. The van der Waals surface area contributed by atoms with Crippen LogP contribution in [0.5, 0.6) is 0 Å². The summed E-state index contributed by atoms with van der Waals surface area (Å²) in [7, 11) is 0. The van der Waals surface area contributed by atoms with Crippen molar-refractivity contribution in [3.05, 3.63) is 0 Å². The number of aliphatic carboxylic acids is 1. The number of nitrogens with zero attached hydrogens (tertiary/aromatic N) is 1. The first-order chi connectivity index (χ1) is 9.16. The second-order valence-electron chi connectivity index (χ2n) is 5.45. The summed E-state index contributed by atoms with van der Waals surface area (Å²) >= 11 is 0. The van der Waals surface area contributed by atoms with Crippen LogP contribution in [0, 0.1) is 0 Å². The third-order valence-electron chi connectivity index (χ3n) is 3.85. The van der Waals surface area contributed by atoms with Gasteiger partial charge >= 0.3 is 5.97 Å². The number of carbonyl (C=O) groups excluding carboxylic acids is 1. The van der Waals surface area contributed by atoms with Gasteiger partial charge in [0.15, 0.2) is 0 Å². The van der Waals surface area contributed by atoms with Gasteiger partial charge in [-0.3, -0.25) is 4.79 Å². The van der Waals surface area contributed by atoms with Gasteiger partial charge in [-0.2, -0.15) is 0 Å². The zero-order chi connectivity index (χ0) is 14.1. The molecule has 1 amide bonds. The van der Waals surface area contributed by atoms with Crippen LogP contribution in [-0.2, 0) is 9.59 Å². The summed E-state index contributed by atoms with van der Waals surface area (Å²) in [5.74, 6) is -0.816. The summed E-state index contributed by atoms with van der Waals surface area (Å²) in [5.41, 5.74) is 0. The van der Waals surface area contributed by atoms with E-state index in [9.17, 15) is 14.7 Å².